The molecule has 0 spiro atoms. The molecule has 1 aliphatic heterocycles. The first-order chi connectivity index (χ1) is 18.3. The van der Waals surface area contributed by atoms with Crippen LogP contribution in [-0.2, 0) is 14.8 Å². The van der Waals surface area contributed by atoms with E-state index in [4.69, 9.17) is 28.9 Å². The molecule has 1 heterocycles. The molecule has 3 aromatic carbocycles. The quantitative estimate of drug-likeness (QED) is 0.390. The fourth-order valence-electron chi connectivity index (χ4n) is 4.59. The number of carbonyl (C=O) groups is 2. The first-order valence-electron chi connectivity index (χ1n) is 12.0. The fourth-order valence-corrected chi connectivity index (χ4v) is 6.02. The molecule has 3 aromatic rings. The summed E-state index contributed by atoms with van der Waals surface area (Å²) < 4.78 is 41.6. The Morgan fingerprint density at radius 2 is 1.51 bits per heavy atom. The second kappa shape index (κ2) is 11.5. The zero-order valence-electron chi connectivity index (χ0n) is 21.1. The Labute approximate surface area is 236 Å². The van der Waals surface area contributed by atoms with E-state index in [1.54, 1.807) is 24.3 Å². The summed E-state index contributed by atoms with van der Waals surface area (Å²) in [6, 6.07) is 16.6. The number of hydrogen-bond donors (Lipinski definition) is 2. The molecule has 2 amide bonds. The maximum Gasteiger partial charge on any atom is 0.254 e. The minimum Gasteiger partial charge on any atom is -0.368 e. The molecule has 1 unspecified atom stereocenters. The molecule has 12 heteroatoms. The van der Waals surface area contributed by atoms with Gasteiger partial charge in [-0.25, -0.2) is 12.8 Å². The van der Waals surface area contributed by atoms with Crippen LogP contribution in [-0.4, -0.2) is 56.6 Å². The van der Waals surface area contributed by atoms with E-state index in [1.807, 2.05) is 24.3 Å². The van der Waals surface area contributed by atoms with Gasteiger partial charge in [-0.1, -0.05) is 47.5 Å². The van der Waals surface area contributed by atoms with Gasteiger partial charge in [0.1, 0.15) is 11.9 Å². The molecule has 0 aromatic heterocycles. The predicted octanol–water partition coefficient (Wildman–Crippen LogP) is 3.98. The van der Waals surface area contributed by atoms with Crippen LogP contribution in [0.1, 0.15) is 34.5 Å². The molecule has 0 radical (unpaired) electrons. The molecule has 1 saturated heterocycles. The highest BCUT2D eigenvalue weighted by atomic mass is 35.5. The fraction of sp³-hybridized carbons (Fsp3) is 0.259. The Hall–Kier alpha value is -3.18. The van der Waals surface area contributed by atoms with E-state index in [2.05, 4.69) is 10.2 Å². The average molecular weight is 594 g/mol. The van der Waals surface area contributed by atoms with Crippen molar-refractivity contribution in [3.05, 3.63) is 99.3 Å². The third-order valence-electron chi connectivity index (χ3n) is 6.54. The van der Waals surface area contributed by atoms with Gasteiger partial charge in [-0.3, -0.25) is 18.8 Å². The zero-order valence-corrected chi connectivity index (χ0v) is 23.5. The minimum absolute atomic E-state index is 0.134. The van der Waals surface area contributed by atoms with Crippen molar-refractivity contribution in [3.8, 4) is 0 Å². The third-order valence-corrected chi connectivity index (χ3v) is 8.27. The highest BCUT2D eigenvalue weighted by molar-refractivity contribution is 7.92. The normalized spacial score (nSPS) is 15.0. The molecule has 1 aliphatic rings. The lowest BCUT2D eigenvalue weighted by Crippen LogP contribution is -2.61. The summed E-state index contributed by atoms with van der Waals surface area (Å²) in [7, 11) is -3.82. The van der Waals surface area contributed by atoms with Gasteiger partial charge in [0.2, 0.25) is 15.9 Å². The van der Waals surface area contributed by atoms with Crippen LogP contribution in [0.15, 0.2) is 66.7 Å². The molecular weight excluding hydrogens is 566 g/mol. The average Bonchev–Trinajstić information content (AvgIpc) is 2.84. The van der Waals surface area contributed by atoms with Crippen molar-refractivity contribution in [2.45, 2.75) is 25.0 Å². The summed E-state index contributed by atoms with van der Waals surface area (Å²) in [6.07, 6.45) is 1.06. The van der Waals surface area contributed by atoms with Crippen LogP contribution >= 0.6 is 23.2 Å². The van der Waals surface area contributed by atoms with Gasteiger partial charge in [0.25, 0.3) is 5.91 Å². The van der Waals surface area contributed by atoms with E-state index >= 15 is 0 Å². The molecule has 3 N–H and O–H groups in total. The summed E-state index contributed by atoms with van der Waals surface area (Å²) in [5.74, 6) is -2.53. The van der Waals surface area contributed by atoms with Gasteiger partial charge in [-0.2, -0.15) is 0 Å². The Morgan fingerprint density at radius 3 is 1.97 bits per heavy atom. The first-order valence-corrected chi connectivity index (χ1v) is 14.6. The number of carbonyl (C=O) groups excluding carboxylic acids is 2. The monoisotopic (exact) mass is 592 g/mol. The number of hydrogen-bond acceptors (Lipinski definition) is 5. The number of likely N-dealkylation sites (tertiary alicyclic amines) is 1. The Bertz CT molecular complexity index is 1440. The number of halogens is 3. The Morgan fingerprint density at radius 1 is 1.00 bits per heavy atom. The number of rotatable bonds is 9. The minimum atomic E-state index is -3.82. The Balaban J connectivity index is 1.62. The van der Waals surface area contributed by atoms with Gasteiger partial charge >= 0.3 is 0 Å². The lowest BCUT2D eigenvalue weighted by atomic mass is 9.93. The third kappa shape index (κ3) is 6.52. The van der Waals surface area contributed by atoms with Crippen molar-refractivity contribution in [2.75, 3.05) is 23.7 Å². The van der Waals surface area contributed by atoms with Crippen LogP contribution < -0.4 is 15.4 Å². The molecule has 0 bridgehead atoms. The van der Waals surface area contributed by atoms with Crippen molar-refractivity contribution >= 4 is 50.7 Å². The maximum absolute atomic E-state index is 14.6. The van der Waals surface area contributed by atoms with E-state index < -0.39 is 45.3 Å². The van der Waals surface area contributed by atoms with Gasteiger partial charge in [-0.05, 0) is 60.5 Å². The molecule has 0 aliphatic carbocycles. The number of nitrogens with two attached hydrogens (primary N) is 1. The molecule has 206 valence electrons. The van der Waals surface area contributed by atoms with Crippen LogP contribution in [0.2, 0.25) is 10.0 Å². The molecule has 4 rings (SSSR count). The van der Waals surface area contributed by atoms with Crippen molar-refractivity contribution < 1.29 is 22.4 Å². The second-order valence-corrected chi connectivity index (χ2v) is 12.2. The lowest BCUT2D eigenvalue weighted by Gasteiger charge is -2.48. The van der Waals surface area contributed by atoms with Crippen LogP contribution in [0, 0.1) is 5.82 Å². The van der Waals surface area contributed by atoms with Gasteiger partial charge in [0, 0.05) is 23.1 Å². The van der Waals surface area contributed by atoms with E-state index in [1.165, 1.54) is 17.3 Å². The van der Waals surface area contributed by atoms with E-state index in [0.29, 0.717) is 23.1 Å². The number of nitrogens with zero attached hydrogens (tertiary/aromatic N) is 2. The van der Waals surface area contributed by atoms with Crippen molar-refractivity contribution in [3.63, 3.8) is 0 Å². The zero-order chi connectivity index (χ0) is 28.5. The van der Waals surface area contributed by atoms with Crippen molar-refractivity contribution in [1.29, 1.82) is 0 Å². The van der Waals surface area contributed by atoms with E-state index in [0.717, 1.165) is 29.5 Å². The maximum atomic E-state index is 14.6. The molecule has 39 heavy (non-hydrogen) atoms. The molecule has 0 saturated carbocycles. The summed E-state index contributed by atoms with van der Waals surface area (Å²) >= 11 is 12.2. The highest BCUT2D eigenvalue weighted by Gasteiger charge is 2.41. The van der Waals surface area contributed by atoms with E-state index in [-0.39, 0.29) is 11.7 Å². The summed E-state index contributed by atoms with van der Waals surface area (Å²) in [6.45, 7) is 2.09. The molecule has 1 atom stereocenters. The SMILES string of the molecule is CC(NC(=O)c1cc(N(C2CN(C(c3ccc(Cl)cc3)c3ccc(Cl)cc3)C2)S(C)(=O)=O)ccc1F)C(N)=O. The largest absolute Gasteiger partial charge is 0.368 e. The number of benzene rings is 3. The first kappa shape index (κ1) is 28.8. The van der Waals surface area contributed by atoms with Crippen LogP contribution in [0.3, 0.4) is 0 Å². The van der Waals surface area contributed by atoms with Gasteiger partial charge < -0.3 is 11.1 Å². The number of nitrogens with one attached hydrogen (secondary N) is 1. The standard InChI is InChI=1S/C27H27Cl2FN4O4S/c1-16(26(31)35)32-27(36)23-13-21(11-12-24(23)30)34(39(2,37)38)22-14-33(15-22)25(17-3-7-19(28)8-4-17)18-5-9-20(29)10-6-18/h3-13,16,22,25H,14-15H2,1-2H3,(H2,31,35)(H,32,36). The highest BCUT2D eigenvalue weighted by Crippen LogP contribution is 2.37. The number of sulfonamides is 1. The number of primary amides is 1. The lowest BCUT2D eigenvalue weighted by molar-refractivity contribution is -0.119. The van der Waals surface area contributed by atoms with Crippen LogP contribution in [0.4, 0.5) is 10.1 Å². The topological polar surface area (TPSA) is 113 Å². The van der Waals surface area contributed by atoms with Crippen LogP contribution in [0.25, 0.3) is 0 Å². The van der Waals surface area contributed by atoms with Crippen molar-refractivity contribution in [2.24, 2.45) is 5.73 Å². The van der Waals surface area contributed by atoms with Gasteiger partial charge in [-0.15, -0.1) is 0 Å². The van der Waals surface area contributed by atoms with E-state index in [9.17, 15) is 22.4 Å². The predicted molar refractivity (Wildman–Crippen MR) is 150 cm³/mol. The second-order valence-electron chi connectivity index (χ2n) is 9.43. The smallest absolute Gasteiger partial charge is 0.254 e. The summed E-state index contributed by atoms with van der Waals surface area (Å²) in [5.41, 5.74) is 6.86. The number of amides is 2. The van der Waals surface area contributed by atoms with Crippen molar-refractivity contribution in [1.82, 2.24) is 10.2 Å². The van der Waals surface area contributed by atoms with Gasteiger partial charge in [0.05, 0.1) is 29.6 Å². The number of anilines is 1. The van der Waals surface area contributed by atoms with Crippen LogP contribution in [0.5, 0.6) is 0 Å². The van der Waals surface area contributed by atoms with Gasteiger partial charge in [0.15, 0.2) is 0 Å². The molecule has 8 nitrogen and oxygen atoms in total. The summed E-state index contributed by atoms with van der Waals surface area (Å²) in [5, 5.41) is 3.51. The molecular formula is C27H27Cl2FN4O4S. The Kier molecular flexibility index (Phi) is 8.51. The summed E-state index contributed by atoms with van der Waals surface area (Å²) in [4.78, 5) is 26.0. The molecule has 1 fully saturated rings.